The Hall–Kier alpha value is -0.830. The summed E-state index contributed by atoms with van der Waals surface area (Å²) in [6.07, 6.45) is 2.27. The van der Waals surface area contributed by atoms with Gasteiger partial charge in [-0.1, -0.05) is 29.8 Å². The Kier molecular flexibility index (Phi) is 3.33. The predicted octanol–water partition coefficient (Wildman–Crippen LogP) is 4.54. The SMILES string of the molecule is CCC(CC)c1nc2c(C)cc(Br)cc2[nH]1. The molecule has 2 aromatic rings. The number of benzene rings is 1. The first kappa shape index (κ1) is 11.6. The molecule has 0 bridgehead atoms. The van der Waals surface area contributed by atoms with Gasteiger partial charge in [-0.25, -0.2) is 4.98 Å². The molecular formula is C13H17BrN2. The van der Waals surface area contributed by atoms with E-state index in [0.717, 1.165) is 34.2 Å². The molecule has 1 N–H and O–H groups in total. The fraction of sp³-hybridized carbons (Fsp3) is 0.462. The van der Waals surface area contributed by atoms with E-state index in [0.29, 0.717) is 5.92 Å². The summed E-state index contributed by atoms with van der Waals surface area (Å²) < 4.78 is 1.11. The Morgan fingerprint density at radius 2 is 2.00 bits per heavy atom. The Morgan fingerprint density at radius 3 is 2.62 bits per heavy atom. The van der Waals surface area contributed by atoms with E-state index in [1.165, 1.54) is 5.56 Å². The molecule has 2 nitrogen and oxygen atoms in total. The van der Waals surface area contributed by atoms with Crippen LogP contribution < -0.4 is 0 Å². The number of imidazole rings is 1. The van der Waals surface area contributed by atoms with Gasteiger partial charge in [-0.3, -0.25) is 0 Å². The number of nitrogens with zero attached hydrogens (tertiary/aromatic N) is 1. The fourth-order valence-electron chi connectivity index (χ4n) is 2.13. The van der Waals surface area contributed by atoms with Gasteiger partial charge in [0.25, 0.3) is 0 Å². The summed E-state index contributed by atoms with van der Waals surface area (Å²) in [5.41, 5.74) is 3.46. The van der Waals surface area contributed by atoms with Crippen LogP contribution in [0.15, 0.2) is 16.6 Å². The molecule has 0 aliphatic carbocycles. The Labute approximate surface area is 105 Å². The van der Waals surface area contributed by atoms with E-state index in [4.69, 9.17) is 4.98 Å². The van der Waals surface area contributed by atoms with Crippen LogP contribution in [0.2, 0.25) is 0 Å². The van der Waals surface area contributed by atoms with E-state index in [9.17, 15) is 0 Å². The summed E-state index contributed by atoms with van der Waals surface area (Å²) in [6, 6.07) is 4.21. The zero-order valence-corrected chi connectivity index (χ0v) is 11.6. The van der Waals surface area contributed by atoms with E-state index >= 15 is 0 Å². The van der Waals surface area contributed by atoms with Crippen molar-refractivity contribution in [3.63, 3.8) is 0 Å². The molecule has 0 radical (unpaired) electrons. The van der Waals surface area contributed by atoms with Crippen LogP contribution in [-0.4, -0.2) is 9.97 Å². The van der Waals surface area contributed by atoms with Gasteiger partial charge in [-0.15, -0.1) is 0 Å². The van der Waals surface area contributed by atoms with E-state index in [-0.39, 0.29) is 0 Å². The van der Waals surface area contributed by atoms with E-state index in [1.807, 2.05) is 0 Å². The summed E-state index contributed by atoms with van der Waals surface area (Å²) >= 11 is 3.52. The van der Waals surface area contributed by atoms with Gasteiger partial charge in [-0.2, -0.15) is 0 Å². The van der Waals surface area contributed by atoms with E-state index < -0.39 is 0 Å². The second-order valence-corrected chi connectivity index (χ2v) is 5.17. The van der Waals surface area contributed by atoms with Gasteiger partial charge < -0.3 is 4.98 Å². The number of fused-ring (bicyclic) bond motifs is 1. The van der Waals surface area contributed by atoms with Crippen LogP contribution in [0, 0.1) is 6.92 Å². The molecule has 0 saturated heterocycles. The lowest BCUT2D eigenvalue weighted by atomic mass is 10.0. The van der Waals surface area contributed by atoms with Crippen LogP contribution in [0.25, 0.3) is 11.0 Å². The van der Waals surface area contributed by atoms with Crippen molar-refractivity contribution < 1.29 is 0 Å². The predicted molar refractivity (Wildman–Crippen MR) is 71.9 cm³/mol. The van der Waals surface area contributed by atoms with Crippen molar-refractivity contribution in [2.75, 3.05) is 0 Å². The molecule has 0 unspecified atom stereocenters. The van der Waals surface area contributed by atoms with Crippen molar-refractivity contribution in [3.05, 3.63) is 28.0 Å². The third-order valence-corrected chi connectivity index (χ3v) is 3.59. The summed E-state index contributed by atoms with van der Waals surface area (Å²) in [5.74, 6) is 1.67. The van der Waals surface area contributed by atoms with Crippen molar-refractivity contribution in [2.45, 2.75) is 39.5 Å². The van der Waals surface area contributed by atoms with Gasteiger partial charge in [0.05, 0.1) is 11.0 Å². The molecule has 1 heterocycles. The molecule has 0 saturated carbocycles. The fourth-order valence-corrected chi connectivity index (χ4v) is 2.71. The molecule has 0 amide bonds. The summed E-state index contributed by atoms with van der Waals surface area (Å²) in [7, 11) is 0. The first-order chi connectivity index (χ1) is 7.65. The highest BCUT2D eigenvalue weighted by molar-refractivity contribution is 9.10. The van der Waals surface area contributed by atoms with Crippen molar-refractivity contribution in [1.82, 2.24) is 9.97 Å². The summed E-state index contributed by atoms with van der Waals surface area (Å²) in [5, 5.41) is 0. The molecule has 0 aliphatic rings. The number of hydrogen-bond acceptors (Lipinski definition) is 1. The quantitative estimate of drug-likeness (QED) is 0.879. The molecule has 0 spiro atoms. The minimum atomic E-state index is 0.547. The number of aromatic nitrogens is 2. The van der Waals surface area contributed by atoms with Crippen LogP contribution >= 0.6 is 15.9 Å². The molecule has 1 aromatic heterocycles. The van der Waals surface area contributed by atoms with Gasteiger partial charge in [0.1, 0.15) is 5.82 Å². The molecule has 86 valence electrons. The van der Waals surface area contributed by atoms with Gasteiger partial charge in [0.2, 0.25) is 0 Å². The molecule has 3 heteroatoms. The van der Waals surface area contributed by atoms with Gasteiger partial charge in [-0.05, 0) is 37.5 Å². The topological polar surface area (TPSA) is 28.7 Å². The molecule has 1 aromatic carbocycles. The highest BCUT2D eigenvalue weighted by Crippen LogP contribution is 2.26. The number of aryl methyl sites for hydroxylation is 1. The zero-order chi connectivity index (χ0) is 11.7. The van der Waals surface area contributed by atoms with Crippen LogP contribution in [0.4, 0.5) is 0 Å². The van der Waals surface area contributed by atoms with Gasteiger partial charge >= 0.3 is 0 Å². The summed E-state index contributed by atoms with van der Waals surface area (Å²) in [6.45, 7) is 6.53. The average Bonchev–Trinajstić information content (AvgIpc) is 2.63. The number of halogens is 1. The molecule has 16 heavy (non-hydrogen) atoms. The van der Waals surface area contributed by atoms with E-state index in [2.05, 4.69) is 53.8 Å². The van der Waals surface area contributed by atoms with Crippen molar-refractivity contribution >= 4 is 27.0 Å². The summed E-state index contributed by atoms with van der Waals surface area (Å²) in [4.78, 5) is 8.16. The van der Waals surface area contributed by atoms with Crippen molar-refractivity contribution in [3.8, 4) is 0 Å². The first-order valence-electron chi connectivity index (χ1n) is 5.81. The highest BCUT2D eigenvalue weighted by atomic mass is 79.9. The lowest BCUT2D eigenvalue weighted by molar-refractivity contribution is 0.611. The monoisotopic (exact) mass is 280 g/mol. The van der Waals surface area contributed by atoms with Crippen molar-refractivity contribution in [2.24, 2.45) is 0 Å². The third kappa shape index (κ3) is 2.01. The van der Waals surface area contributed by atoms with Crippen LogP contribution in [0.3, 0.4) is 0 Å². The molecule has 0 aliphatic heterocycles. The number of hydrogen-bond donors (Lipinski definition) is 1. The smallest absolute Gasteiger partial charge is 0.110 e. The zero-order valence-electron chi connectivity index (χ0n) is 9.97. The maximum Gasteiger partial charge on any atom is 0.110 e. The molecule has 0 fully saturated rings. The maximum absolute atomic E-state index is 4.72. The van der Waals surface area contributed by atoms with E-state index in [1.54, 1.807) is 0 Å². The normalized spacial score (nSPS) is 11.6. The second kappa shape index (κ2) is 4.58. The molecule has 2 rings (SSSR count). The minimum Gasteiger partial charge on any atom is -0.342 e. The van der Waals surface area contributed by atoms with Crippen LogP contribution in [0.5, 0.6) is 0 Å². The first-order valence-corrected chi connectivity index (χ1v) is 6.60. The maximum atomic E-state index is 4.72. The van der Waals surface area contributed by atoms with Gasteiger partial charge in [0.15, 0.2) is 0 Å². The Balaban J connectivity index is 2.55. The van der Waals surface area contributed by atoms with Crippen LogP contribution in [0.1, 0.15) is 44.0 Å². The van der Waals surface area contributed by atoms with Gasteiger partial charge in [0, 0.05) is 10.4 Å². The average molecular weight is 281 g/mol. The molecular weight excluding hydrogens is 264 g/mol. The minimum absolute atomic E-state index is 0.547. The highest BCUT2D eigenvalue weighted by Gasteiger charge is 2.13. The number of H-pyrrole nitrogens is 1. The van der Waals surface area contributed by atoms with Crippen molar-refractivity contribution in [1.29, 1.82) is 0 Å². The number of rotatable bonds is 3. The lowest BCUT2D eigenvalue weighted by Gasteiger charge is -2.07. The van der Waals surface area contributed by atoms with Crippen LogP contribution in [-0.2, 0) is 0 Å². The third-order valence-electron chi connectivity index (χ3n) is 3.13. The Bertz CT molecular complexity index is 498. The second-order valence-electron chi connectivity index (χ2n) is 4.25. The Morgan fingerprint density at radius 1 is 1.31 bits per heavy atom. The number of nitrogens with one attached hydrogen (secondary N) is 1. The number of aromatic amines is 1. The largest absolute Gasteiger partial charge is 0.342 e. The molecule has 0 atom stereocenters. The standard InChI is InChI=1S/C13H17BrN2/c1-4-9(5-2)13-15-11-7-10(14)6-8(3)12(11)16-13/h6-7,9H,4-5H2,1-3H3,(H,15,16). The lowest BCUT2D eigenvalue weighted by Crippen LogP contribution is -1.97.